The Morgan fingerprint density at radius 1 is 1.08 bits per heavy atom. The van der Waals surface area contributed by atoms with Gasteiger partial charge in [-0.1, -0.05) is 18.2 Å². The molecular formula is C9H14OSSi. The van der Waals surface area contributed by atoms with Gasteiger partial charge in [0.1, 0.15) is 0 Å². The average Bonchev–Trinajstić information content (AvgIpc) is 2.02. The van der Waals surface area contributed by atoms with Gasteiger partial charge in [0, 0.05) is 16.9 Å². The summed E-state index contributed by atoms with van der Waals surface area (Å²) in [4.78, 5) is 1.18. The van der Waals surface area contributed by atoms with Gasteiger partial charge in [-0.2, -0.15) is 0 Å². The minimum Gasteiger partial charge on any atom is -0.354 e. The zero-order chi connectivity index (χ0) is 9.03. The molecule has 0 aliphatic rings. The minimum atomic E-state index is -1.38. The van der Waals surface area contributed by atoms with Crippen molar-refractivity contribution < 1.29 is 3.87 Å². The quantitative estimate of drug-likeness (QED) is 0.542. The van der Waals surface area contributed by atoms with E-state index in [0.717, 1.165) is 0 Å². The van der Waals surface area contributed by atoms with E-state index in [1.54, 1.807) is 0 Å². The van der Waals surface area contributed by atoms with Gasteiger partial charge >= 0.3 is 0 Å². The number of rotatable bonds is 3. The van der Waals surface area contributed by atoms with Crippen LogP contribution >= 0.6 is 12.0 Å². The van der Waals surface area contributed by atoms with Crippen LogP contribution in [0, 0.1) is 0 Å². The molecule has 3 heteroatoms. The molecule has 1 aromatic rings. The molecule has 1 nitrogen and oxygen atoms in total. The standard InChI is InChI=1S/C9H14OSSi/c1-12(2,3)10-11-9-7-5-4-6-8-9/h4-8H,1-3H3. The fourth-order valence-electron chi connectivity index (χ4n) is 0.649. The van der Waals surface area contributed by atoms with E-state index in [-0.39, 0.29) is 0 Å². The first-order valence-electron chi connectivity index (χ1n) is 3.99. The van der Waals surface area contributed by atoms with Crippen molar-refractivity contribution in [1.82, 2.24) is 0 Å². The predicted molar refractivity (Wildman–Crippen MR) is 56.7 cm³/mol. The van der Waals surface area contributed by atoms with Gasteiger partial charge in [-0.15, -0.1) is 0 Å². The monoisotopic (exact) mass is 198 g/mol. The molecule has 0 aliphatic heterocycles. The van der Waals surface area contributed by atoms with Crippen LogP contribution in [0.15, 0.2) is 35.2 Å². The van der Waals surface area contributed by atoms with Crippen molar-refractivity contribution in [2.75, 3.05) is 0 Å². The summed E-state index contributed by atoms with van der Waals surface area (Å²) >= 11 is 1.49. The molecule has 0 saturated heterocycles. The summed E-state index contributed by atoms with van der Waals surface area (Å²) in [5.74, 6) is 0. The van der Waals surface area contributed by atoms with Gasteiger partial charge in [0.05, 0.1) is 0 Å². The molecule has 0 amide bonds. The molecule has 0 atom stereocenters. The van der Waals surface area contributed by atoms with Crippen LogP contribution in [0.5, 0.6) is 0 Å². The second-order valence-corrected chi connectivity index (χ2v) is 9.12. The lowest BCUT2D eigenvalue weighted by Gasteiger charge is -2.14. The molecule has 0 saturated carbocycles. The molecule has 0 unspecified atom stereocenters. The van der Waals surface area contributed by atoms with Crippen LogP contribution in [0.3, 0.4) is 0 Å². The molecule has 0 bridgehead atoms. The zero-order valence-electron chi connectivity index (χ0n) is 7.70. The molecule has 0 N–H and O–H groups in total. The maximum atomic E-state index is 5.67. The van der Waals surface area contributed by atoms with Crippen LogP contribution in [0.25, 0.3) is 0 Å². The third kappa shape index (κ3) is 3.95. The fraction of sp³-hybridized carbons (Fsp3) is 0.333. The molecule has 0 fully saturated rings. The number of hydrogen-bond donors (Lipinski definition) is 0. The molecule has 0 heterocycles. The summed E-state index contributed by atoms with van der Waals surface area (Å²) in [6.07, 6.45) is 0. The van der Waals surface area contributed by atoms with Gasteiger partial charge in [-0.3, -0.25) is 0 Å². The smallest absolute Gasteiger partial charge is 0.202 e. The van der Waals surface area contributed by atoms with E-state index < -0.39 is 8.32 Å². The Morgan fingerprint density at radius 3 is 2.17 bits per heavy atom. The Kier molecular flexibility index (Phi) is 3.37. The third-order valence-electron chi connectivity index (χ3n) is 1.13. The van der Waals surface area contributed by atoms with Gasteiger partial charge in [-0.25, -0.2) is 0 Å². The SMILES string of the molecule is C[Si](C)(C)OSc1ccccc1. The Balaban J connectivity index is 2.44. The topological polar surface area (TPSA) is 9.23 Å². The van der Waals surface area contributed by atoms with Gasteiger partial charge in [0.2, 0.25) is 8.32 Å². The molecule has 12 heavy (non-hydrogen) atoms. The molecule has 0 aromatic heterocycles. The highest BCUT2D eigenvalue weighted by molar-refractivity contribution is 7.95. The summed E-state index contributed by atoms with van der Waals surface area (Å²) in [5.41, 5.74) is 0. The lowest BCUT2D eigenvalue weighted by Crippen LogP contribution is -2.21. The van der Waals surface area contributed by atoms with E-state index in [1.807, 2.05) is 18.2 Å². The first-order valence-corrected chi connectivity index (χ1v) is 8.14. The Hall–Kier alpha value is -0.253. The normalized spacial score (nSPS) is 11.6. The van der Waals surface area contributed by atoms with Crippen molar-refractivity contribution in [3.05, 3.63) is 30.3 Å². The Morgan fingerprint density at radius 2 is 1.67 bits per heavy atom. The largest absolute Gasteiger partial charge is 0.354 e. The summed E-state index contributed by atoms with van der Waals surface area (Å²) in [6.45, 7) is 6.55. The van der Waals surface area contributed by atoms with Crippen molar-refractivity contribution in [1.29, 1.82) is 0 Å². The van der Waals surface area contributed by atoms with Crippen LogP contribution in [0.1, 0.15) is 0 Å². The van der Waals surface area contributed by atoms with Crippen molar-refractivity contribution in [3.63, 3.8) is 0 Å². The van der Waals surface area contributed by atoms with Gasteiger partial charge in [0.15, 0.2) is 0 Å². The maximum absolute atomic E-state index is 5.67. The summed E-state index contributed by atoms with van der Waals surface area (Å²) < 4.78 is 5.67. The molecule has 0 radical (unpaired) electrons. The van der Waals surface area contributed by atoms with Gasteiger partial charge in [0.25, 0.3) is 0 Å². The molecule has 1 aromatic carbocycles. The third-order valence-corrected chi connectivity index (χ3v) is 3.93. The van der Waals surface area contributed by atoms with Gasteiger partial charge < -0.3 is 3.87 Å². The van der Waals surface area contributed by atoms with Crippen molar-refractivity contribution >= 4 is 20.4 Å². The molecule has 66 valence electrons. The van der Waals surface area contributed by atoms with Crippen molar-refractivity contribution in [3.8, 4) is 0 Å². The number of benzene rings is 1. The zero-order valence-corrected chi connectivity index (χ0v) is 9.52. The highest BCUT2D eigenvalue weighted by atomic mass is 32.2. The molecule has 1 rings (SSSR count). The highest BCUT2D eigenvalue weighted by Crippen LogP contribution is 2.22. The van der Waals surface area contributed by atoms with E-state index >= 15 is 0 Å². The van der Waals surface area contributed by atoms with E-state index in [4.69, 9.17) is 3.87 Å². The highest BCUT2D eigenvalue weighted by Gasteiger charge is 2.14. The first kappa shape index (κ1) is 9.83. The van der Waals surface area contributed by atoms with Crippen LogP contribution < -0.4 is 0 Å². The maximum Gasteiger partial charge on any atom is 0.202 e. The average molecular weight is 198 g/mol. The first-order chi connectivity index (χ1) is 5.58. The van der Waals surface area contributed by atoms with Crippen LogP contribution in [0.2, 0.25) is 19.6 Å². The Labute approximate surface area is 79.5 Å². The second kappa shape index (κ2) is 4.12. The predicted octanol–water partition coefficient (Wildman–Crippen LogP) is 3.55. The molecule has 0 spiro atoms. The second-order valence-electron chi connectivity index (χ2n) is 3.59. The summed E-state index contributed by atoms with van der Waals surface area (Å²) in [5, 5.41) is 0. The van der Waals surface area contributed by atoms with Crippen LogP contribution in [-0.2, 0) is 3.87 Å². The van der Waals surface area contributed by atoms with Crippen LogP contribution in [-0.4, -0.2) is 8.32 Å². The van der Waals surface area contributed by atoms with E-state index in [2.05, 4.69) is 31.8 Å². The van der Waals surface area contributed by atoms with Crippen LogP contribution in [0.4, 0.5) is 0 Å². The van der Waals surface area contributed by atoms with E-state index in [1.165, 1.54) is 16.9 Å². The van der Waals surface area contributed by atoms with Crippen molar-refractivity contribution in [2.45, 2.75) is 24.5 Å². The van der Waals surface area contributed by atoms with Crippen molar-refractivity contribution in [2.24, 2.45) is 0 Å². The summed E-state index contributed by atoms with van der Waals surface area (Å²) in [7, 11) is -1.38. The lowest BCUT2D eigenvalue weighted by molar-refractivity contribution is 0.651. The van der Waals surface area contributed by atoms with Gasteiger partial charge in [-0.05, 0) is 31.8 Å². The lowest BCUT2D eigenvalue weighted by atomic mass is 10.4. The number of hydrogen-bond acceptors (Lipinski definition) is 2. The fourth-order valence-corrected chi connectivity index (χ4v) is 2.30. The molecule has 0 aliphatic carbocycles. The van der Waals surface area contributed by atoms with E-state index in [0.29, 0.717) is 0 Å². The minimum absolute atomic E-state index is 1.18. The summed E-state index contributed by atoms with van der Waals surface area (Å²) in [6, 6.07) is 10.2. The van der Waals surface area contributed by atoms with E-state index in [9.17, 15) is 0 Å². The molecular weight excluding hydrogens is 184 g/mol. The Bertz CT molecular complexity index is 230.